The lowest BCUT2D eigenvalue weighted by atomic mass is 10.1. The van der Waals surface area contributed by atoms with Gasteiger partial charge in [0.1, 0.15) is 0 Å². The summed E-state index contributed by atoms with van der Waals surface area (Å²) < 4.78 is 22.8. The van der Waals surface area contributed by atoms with Crippen LogP contribution < -0.4 is 5.32 Å². The molecular formula is C15H23ClN2O2S. The van der Waals surface area contributed by atoms with Crippen LogP contribution in [0.4, 0.5) is 0 Å². The Morgan fingerprint density at radius 1 is 1.48 bits per heavy atom. The van der Waals surface area contributed by atoms with Gasteiger partial charge in [0.2, 0.25) is 0 Å². The average Bonchev–Trinajstić information content (AvgIpc) is 2.77. The van der Waals surface area contributed by atoms with Gasteiger partial charge in [-0.3, -0.25) is 4.90 Å². The van der Waals surface area contributed by atoms with Crippen molar-refractivity contribution in [3.05, 3.63) is 34.9 Å². The summed E-state index contributed by atoms with van der Waals surface area (Å²) in [5.74, 6) is 0.597. The molecular weight excluding hydrogens is 308 g/mol. The van der Waals surface area contributed by atoms with E-state index in [0.717, 1.165) is 24.5 Å². The van der Waals surface area contributed by atoms with E-state index in [4.69, 9.17) is 11.6 Å². The number of hydrogen-bond donors (Lipinski definition) is 1. The lowest BCUT2D eigenvalue weighted by Crippen LogP contribution is -2.37. The van der Waals surface area contributed by atoms with Crippen molar-refractivity contribution in [3.63, 3.8) is 0 Å². The van der Waals surface area contributed by atoms with Gasteiger partial charge in [0, 0.05) is 30.2 Å². The Morgan fingerprint density at radius 2 is 2.24 bits per heavy atom. The number of hydrogen-bond acceptors (Lipinski definition) is 4. The molecule has 0 aromatic heterocycles. The molecule has 0 aliphatic carbocycles. The highest BCUT2D eigenvalue weighted by Gasteiger charge is 2.27. The molecule has 1 fully saturated rings. The van der Waals surface area contributed by atoms with Gasteiger partial charge in [0.25, 0.3) is 0 Å². The fraction of sp³-hybridized carbons (Fsp3) is 0.600. The number of benzene rings is 1. The maximum Gasteiger partial charge on any atom is 0.151 e. The van der Waals surface area contributed by atoms with Gasteiger partial charge < -0.3 is 5.32 Å². The van der Waals surface area contributed by atoms with Crippen LogP contribution in [0, 0.1) is 0 Å². The SMILES string of the molecule is CC(c1cccc(Cl)c1)N(C)CCNC1CCS(=O)(=O)C1. The summed E-state index contributed by atoms with van der Waals surface area (Å²) in [6.07, 6.45) is 0.732. The van der Waals surface area contributed by atoms with Crippen molar-refractivity contribution < 1.29 is 8.42 Å². The van der Waals surface area contributed by atoms with Gasteiger partial charge in [0.15, 0.2) is 9.84 Å². The monoisotopic (exact) mass is 330 g/mol. The van der Waals surface area contributed by atoms with Gasteiger partial charge in [0.05, 0.1) is 11.5 Å². The third-order valence-corrected chi connectivity index (χ3v) is 6.13. The van der Waals surface area contributed by atoms with E-state index < -0.39 is 9.84 Å². The van der Waals surface area contributed by atoms with E-state index in [1.807, 2.05) is 18.2 Å². The van der Waals surface area contributed by atoms with Crippen molar-refractivity contribution in [1.82, 2.24) is 10.2 Å². The van der Waals surface area contributed by atoms with E-state index in [1.165, 1.54) is 5.56 Å². The van der Waals surface area contributed by atoms with Crippen molar-refractivity contribution in [2.24, 2.45) is 0 Å². The Balaban J connectivity index is 1.78. The number of halogens is 1. The topological polar surface area (TPSA) is 49.4 Å². The Morgan fingerprint density at radius 3 is 2.86 bits per heavy atom. The van der Waals surface area contributed by atoms with E-state index in [1.54, 1.807) is 0 Å². The van der Waals surface area contributed by atoms with Crippen LogP contribution >= 0.6 is 11.6 Å². The summed E-state index contributed by atoms with van der Waals surface area (Å²) in [4.78, 5) is 2.24. The van der Waals surface area contributed by atoms with Crippen LogP contribution in [0.2, 0.25) is 5.02 Å². The van der Waals surface area contributed by atoms with Crippen LogP contribution in [0.3, 0.4) is 0 Å². The van der Waals surface area contributed by atoms with E-state index in [9.17, 15) is 8.42 Å². The maximum atomic E-state index is 11.4. The fourth-order valence-electron chi connectivity index (χ4n) is 2.62. The summed E-state index contributed by atoms with van der Waals surface area (Å²) >= 11 is 6.02. The standard InChI is InChI=1S/C15H23ClN2O2S/c1-12(13-4-3-5-14(16)10-13)18(2)8-7-17-15-6-9-21(19,20)11-15/h3-5,10,12,15,17H,6-9,11H2,1-2H3. The number of sulfone groups is 1. The van der Waals surface area contributed by atoms with Gasteiger partial charge in [-0.15, -0.1) is 0 Å². The van der Waals surface area contributed by atoms with Gasteiger partial charge in [-0.2, -0.15) is 0 Å². The molecule has 2 atom stereocenters. The predicted octanol–water partition coefficient (Wildman–Crippen LogP) is 2.11. The summed E-state index contributed by atoms with van der Waals surface area (Å²) in [6.45, 7) is 3.80. The molecule has 0 saturated carbocycles. The Hall–Kier alpha value is -0.620. The zero-order valence-electron chi connectivity index (χ0n) is 12.5. The number of nitrogens with one attached hydrogen (secondary N) is 1. The summed E-state index contributed by atoms with van der Waals surface area (Å²) in [5.41, 5.74) is 1.19. The summed E-state index contributed by atoms with van der Waals surface area (Å²) in [7, 11) is -0.733. The zero-order valence-corrected chi connectivity index (χ0v) is 14.1. The molecule has 1 aromatic carbocycles. The van der Waals surface area contributed by atoms with Gasteiger partial charge in [-0.1, -0.05) is 23.7 Å². The third-order valence-electron chi connectivity index (χ3n) is 4.12. The zero-order chi connectivity index (χ0) is 15.5. The van der Waals surface area contributed by atoms with Crippen molar-refractivity contribution >= 4 is 21.4 Å². The van der Waals surface area contributed by atoms with Crippen molar-refractivity contribution in [2.45, 2.75) is 25.4 Å². The highest BCUT2D eigenvalue weighted by atomic mass is 35.5. The van der Waals surface area contributed by atoms with Crippen LogP contribution in [-0.2, 0) is 9.84 Å². The predicted molar refractivity (Wildman–Crippen MR) is 87.6 cm³/mol. The molecule has 21 heavy (non-hydrogen) atoms. The molecule has 6 heteroatoms. The average molecular weight is 331 g/mol. The van der Waals surface area contributed by atoms with Crippen LogP contribution in [0.1, 0.15) is 24.9 Å². The maximum absolute atomic E-state index is 11.4. The highest BCUT2D eigenvalue weighted by Crippen LogP contribution is 2.21. The van der Waals surface area contributed by atoms with E-state index in [-0.39, 0.29) is 17.8 Å². The van der Waals surface area contributed by atoms with E-state index >= 15 is 0 Å². The molecule has 0 spiro atoms. The second-order valence-electron chi connectivity index (χ2n) is 5.77. The smallest absolute Gasteiger partial charge is 0.151 e. The molecule has 0 radical (unpaired) electrons. The fourth-order valence-corrected chi connectivity index (χ4v) is 4.52. The minimum Gasteiger partial charge on any atom is -0.312 e. The Labute approximate surface area is 132 Å². The van der Waals surface area contributed by atoms with Crippen LogP contribution in [0.25, 0.3) is 0 Å². The van der Waals surface area contributed by atoms with Gasteiger partial charge in [-0.05, 0) is 38.1 Å². The third kappa shape index (κ3) is 4.95. The van der Waals surface area contributed by atoms with Gasteiger partial charge in [-0.25, -0.2) is 8.42 Å². The minimum atomic E-state index is -2.80. The first-order valence-corrected chi connectivity index (χ1v) is 9.47. The van der Waals surface area contributed by atoms with E-state index in [0.29, 0.717) is 5.75 Å². The minimum absolute atomic E-state index is 0.116. The van der Waals surface area contributed by atoms with Crippen molar-refractivity contribution in [2.75, 3.05) is 31.6 Å². The molecule has 1 aromatic rings. The van der Waals surface area contributed by atoms with Crippen LogP contribution in [0.5, 0.6) is 0 Å². The first-order chi connectivity index (χ1) is 9.87. The molecule has 1 N–H and O–H groups in total. The highest BCUT2D eigenvalue weighted by molar-refractivity contribution is 7.91. The Kier molecular flexibility index (Phi) is 5.66. The Bertz CT molecular complexity index is 577. The second-order valence-corrected chi connectivity index (χ2v) is 8.43. The lowest BCUT2D eigenvalue weighted by Gasteiger charge is -2.26. The largest absolute Gasteiger partial charge is 0.312 e. The molecule has 0 amide bonds. The molecule has 1 saturated heterocycles. The second kappa shape index (κ2) is 7.09. The summed E-state index contributed by atoms with van der Waals surface area (Å²) in [5, 5.41) is 4.09. The normalized spacial score (nSPS) is 22.6. The molecule has 1 heterocycles. The molecule has 1 aliphatic heterocycles. The molecule has 4 nitrogen and oxygen atoms in total. The van der Waals surface area contributed by atoms with E-state index in [2.05, 4.69) is 30.3 Å². The first-order valence-electron chi connectivity index (χ1n) is 7.27. The van der Waals surface area contributed by atoms with Crippen LogP contribution in [-0.4, -0.2) is 51.0 Å². The number of rotatable bonds is 6. The molecule has 0 bridgehead atoms. The first kappa shape index (κ1) is 16.7. The number of nitrogens with zero attached hydrogens (tertiary/aromatic N) is 1. The molecule has 1 aliphatic rings. The van der Waals surface area contributed by atoms with Crippen molar-refractivity contribution in [3.8, 4) is 0 Å². The molecule has 118 valence electrons. The lowest BCUT2D eigenvalue weighted by molar-refractivity contribution is 0.258. The summed E-state index contributed by atoms with van der Waals surface area (Å²) in [6, 6.07) is 8.29. The quantitative estimate of drug-likeness (QED) is 0.868. The molecule has 2 unspecified atom stereocenters. The molecule has 2 rings (SSSR count). The van der Waals surface area contributed by atoms with Crippen LogP contribution in [0.15, 0.2) is 24.3 Å². The van der Waals surface area contributed by atoms with Gasteiger partial charge >= 0.3 is 0 Å². The van der Waals surface area contributed by atoms with Crippen molar-refractivity contribution in [1.29, 1.82) is 0 Å². The number of likely N-dealkylation sites (N-methyl/N-ethyl adjacent to an activating group) is 1.